The maximum absolute atomic E-state index is 9.69. The fraction of sp³-hybridized carbons (Fsp3) is 0.929. The number of amidine groups is 1. The van der Waals surface area contributed by atoms with E-state index in [1.807, 2.05) is 13.8 Å². The van der Waals surface area contributed by atoms with Crippen LogP contribution >= 0.6 is 0 Å². The SMILES string of the molecule is CC1CCCC(CO)(NCCC(C)(C)C(N)=NO)C1. The second-order valence-electron chi connectivity index (χ2n) is 6.69. The highest BCUT2D eigenvalue weighted by Crippen LogP contribution is 2.32. The lowest BCUT2D eigenvalue weighted by Crippen LogP contribution is -2.52. The third kappa shape index (κ3) is 4.35. The molecule has 1 aliphatic carbocycles. The summed E-state index contributed by atoms with van der Waals surface area (Å²) in [6.07, 6.45) is 5.24. The molecule has 0 spiro atoms. The summed E-state index contributed by atoms with van der Waals surface area (Å²) in [6.45, 7) is 7.10. The summed E-state index contributed by atoms with van der Waals surface area (Å²) >= 11 is 0. The monoisotopic (exact) mass is 271 g/mol. The van der Waals surface area contributed by atoms with Gasteiger partial charge in [-0.2, -0.15) is 0 Å². The van der Waals surface area contributed by atoms with E-state index < -0.39 is 0 Å². The highest BCUT2D eigenvalue weighted by molar-refractivity contribution is 5.85. The highest BCUT2D eigenvalue weighted by Gasteiger charge is 2.34. The third-order valence-electron chi connectivity index (χ3n) is 4.45. The van der Waals surface area contributed by atoms with Crippen LogP contribution in [0.3, 0.4) is 0 Å². The van der Waals surface area contributed by atoms with E-state index in [2.05, 4.69) is 17.4 Å². The van der Waals surface area contributed by atoms with Gasteiger partial charge in [0.05, 0.1) is 6.61 Å². The molecule has 5 N–H and O–H groups in total. The summed E-state index contributed by atoms with van der Waals surface area (Å²) in [6, 6.07) is 0. The molecule has 1 aliphatic rings. The summed E-state index contributed by atoms with van der Waals surface area (Å²) in [7, 11) is 0. The van der Waals surface area contributed by atoms with Crippen molar-refractivity contribution in [3.05, 3.63) is 0 Å². The van der Waals surface area contributed by atoms with Gasteiger partial charge in [0.25, 0.3) is 0 Å². The Morgan fingerprint density at radius 3 is 2.74 bits per heavy atom. The fourth-order valence-corrected chi connectivity index (χ4v) is 2.92. The lowest BCUT2D eigenvalue weighted by molar-refractivity contribution is 0.0978. The molecule has 1 saturated carbocycles. The van der Waals surface area contributed by atoms with Crippen molar-refractivity contribution in [1.29, 1.82) is 0 Å². The minimum Gasteiger partial charge on any atom is -0.409 e. The Bertz CT molecular complexity index is 318. The van der Waals surface area contributed by atoms with Crippen LogP contribution in [-0.2, 0) is 0 Å². The molecule has 0 aromatic rings. The van der Waals surface area contributed by atoms with Gasteiger partial charge in [0.1, 0.15) is 5.84 Å². The zero-order valence-corrected chi connectivity index (χ0v) is 12.4. The number of nitrogens with one attached hydrogen (secondary N) is 1. The molecule has 19 heavy (non-hydrogen) atoms. The molecule has 1 fully saturated rings. The molecule has 2 unspecified atom stereocenters. The molecule has 5 heteroatoms. The van der Waals surface area contributed by atoms with E-state index in [1.54, 1.807) is 0 Å². The third-order valence-corrected chi connectivity index (χ3v) is 4.45. The number of aliphatic hydroxyl groups excluding tert-OH is 1. The van der Waals surface area contributed by atoms with Gasteiger partial charge in [-0.05, 0) is 31.7 Å². The first-order chi connectivity index (χ1) is 8.85. The summed E-state index contributed by atoms with van der Waals surface area (Å²) in [4.78, 5) is 0. The average molecular weight is 271 g/mol. The van der Waals surface area contributed by atoms with Crippen molar-refractivity contribution >= 4 is 5.84 Å². The maximum atomic E-state index is 9.69. The van der Waals surface area contributed by atoms with Gasteiger partial charge in [-0.15, -0.1) is 0 Å². The Hall–Kier alpha value is -0.810. The predicted molar refractivity (Wildman–Crippen MR) is 77.3 cm³/mol. The number of aliphatic hydroxyl groups is 1. The second kappa shape index (κ2) is 6.57. The van der Waals surface area contributed by atoms with Crippen LogP contribution in [0.2, 0.25) is 0 Å². The van der Waals surface area contributed by atoms with E-state index in [0.29, 0.717) is 5.92 Å². The Morgan fingerprint density at radius 1 is 1.53 bits per heavy atom. The van der Waals surface area contributed by atoms with Crippen molar-refractivity contribution in [1.82, 2.24) is 5.32 Å². The van der Waals surface area contributed by atoms with Crippen LogP contribution in [0.5, 0.6) is 0 Å². The first-order valence-electron chi connectivity index (χ1n) is 7.19. The zero-order chi connectivity index (χ0) is 14.5. The Kier molecular flexibility index (Phi) is 5.62. The second-order valence-corrected chi connectivity index (χ2v) is 6.69. The van der Waals surface area contributed by atoms with Crippen molar-refractivity contribution in [3.8, 4) is 0 Å². The minimum absolute atomic E-state index is 0.140. The van der Waals surface area contributed by atoms with Crippen molar-refractivity contribution in [2.75, 3.05) is 13.2 Å². The number of nitrogens with zero attached hydrogens (tertiary/aromatic N) is 1. The van der Waals surface area contributed by atoms with E-state index >= 15 is 0 Å². The van der Waals surface area contributed by atoms with Gasteiger partial charge in [0.15, 0.2) is 0 Å². The van der Waals surface area contributed by atoms with Crippen molar-refractivity contribution in [2.24, 2.45) is 22.2 Å². The van der Waals surface area contributed by atoms with Gasteiger partial charge in [-0.3, -0.25) is 0 Å². The number of hydrogen-bond donors (Lipinski definition) is 4. The Balaban J connectivity index is 2.50. The average Bonchev–Trinajstić information content (AvgIpc) is 2.37. The summed E-state index contributed by atoms with van der Waals surface area (Å²) in [5.41, 5.74) is 5.21. The summed E-state index contributed by atoms with van der Waals surface area (Å²) in [5.74, 6) is 0.912. The summed E-state index contributed by atoms with van der Waals surface area (Å²) in [5, 5.41) is 25.0. The number of nitrogens with two attached hydrogens (primary N) is 1. The van der Waals surface area contributed by atoms with Crippen LogP contribution in [0.4, 0.5) is 0 Å². The van der Waals surface area contributed by atoms with Gasteiger partial charge in [-0.25, -0.2) is 0 Å². The largest absolute Gasteiger partial charge is 0.409 e. The quantitative estimate of drug-likeness (QED) is 0.256. The standard InChI is InChI=1S/C14H29N3O2/c1-11-5-4-6-14(9-11,10-18)16-8-7-13(2,3)12(15)17-19/h11,16,18-19H,4-10H2,1-3H3,(H2,15,17). The molecule has 1 rings (SSSR count). The molecule has 0 aromatic heterocycles. The van der Waals surface area contributed by atoms with Gasteiger partial charge in [0, 0.05) is 11.0 Å². The molecule has 0 aliphatic heterocycles. The zero-order valence-electron chi connectivity index (χ0n) is 12.4. The molecule has 112 valence electrons. The van der Waals surface area contributed by atoms with Crippen molar-refractivity contribution < 1.29 is 10.3 Å². The first-order valence-corrected chi connectivity index (χ1v) is 7.19. The molecular weight excluding hydrogens is 242 g/mol. The minimum atomic E-state index is -0.335. The molecule has 0 saturated heterocycles. The van der Waals surface area contributed by atoms with Gasteiger partial charge >= 0.3 is 0 Å². The molecule has 0 bridgehead atoms. The molecule has 0 amide bonds. The van der Waals surface area contributed by atoms with E-state index in [1.165, 1.54) is 12.8 Å². The fourth-order valence-electron chi connectivity index (χ4n) is 2.92. The van der Waals surface area contributed by atoms with Crippen LogP contribution in [0.15, 0.2) is 5.16 Å². The maximum Gasteiger partial charge on any atom is 0.144 e. The van der Waals surface area contributed by atoms with Crippen molar-refractivity contribution in [3.63, 3.8) is 0 Å². The van der Waals surface area contributed by atoms with Crippen LogP contribution in [0, 0.1) is 11.3 Å². The molecule has 0 radical (unpaired) electrons. The van der Waals surface area contributed by atoms with Crippen LogP contribution in [-0.4, -0.2) is 34.8 Å². The van der Waals surface area contributed by atoms with E-state index in [4.69, 9.17) is 10.9 Å². The van der Waals surface area contributed by atoms with Crippen LogP contribution < -0.4 is 11.1 Å². The highest BCUT2D eigenvalue weighted by atomic mass is 16.4. The Labute approximate surface area is 116 Å². The molecule has 0 heterocycles. The molecule has 5 nitrogen and oxygen atoms in total. The smallest absolute Gasteiger partial charge is 0.144 e. The van der Waals surface area contributed by atoms with Crippen LogP contribution in [0.1, 0.15) is 52.9 Å². The van der Waals surface area contributed by atoms with Gasteiger partial charge in [0.2, 0.25) is 0 Å². The Morgan fingerprint density at radius 2 is 2.21 bits per heavy atom. The van der Waals surface area contributed by atoms with E-state index in [0.717, 1.165) is 25.8 Å². The predicted octanol–water partition coefficient (Wildman–Crippen LogP) is 1.68. The first kappa shape index (κ1) is 16.2. The molecule has 2 atom stereocenters. The van der Waals surface area contributed by atoms with Gasteiger partial charge < -0.3 is 21.4 Å². The number of hydrogen-bond acceptors (Lipinski definition) is 4. The topological polar surface area (TPSA) is 90.9 Å². The van der Waals surface area contributed by atoms with E-state index in [-0.39, 0.29) is 23.4 Å². The van der Waals surface area contributed by atoms with E-state index in [9.17, 15) is 5.11 Å². The molecule has 0 aromatic carbocycles. The molecular formula is C14H29N3O2. The lowest BCUT2D eigenvalue weighted by atomic mass is 9.76. The number of rotatable bonds is 6. The number of oxime groups is 1. The van der Waals surface area contributed by atoms with Crippen molar-refractivity contribution in [2.45, 2.75) is 58.4 Å². The summed E-state index contributed by atoms with van der Waals surface area (Å²) < 4.78 is 0. The lowest BCUT2D eigenvalue weighted by Gasteiger charge is -2.40. The van der Waals surface area contributed by atoms with Crippen LogP contribution in [0.25, 0.3) is 0 Å². The van der Waals surface area contributed by atoms with Gasteiger partial charge in [-0.1, -0.05) is 38.8 Å². The normalized spacial score (nSPS) is 29.5.